The second kappa shape index (κ2) is 9.17. The Kier molecular flexibility index (Phi) is 6.81. The Morgan fingerprint density at radius 3 is 2.47 bits per heavy atom. The first-order chi connectivity index (χ1) is 14.2. The molecule has 1 amide bonds. The van der Waals surface area contributed by atoms with Gasteiger partial charge in [0.2, 0.25) is 0 Å². The van der Waals surface area contributed by atoms with Crippen LogP contribution < -0.4 is 15.8 Å². The van der Waals surface area contributed by atoms with Crippen molar-refractivity contribution in [2.45, 2.75) is 25.1 Å². The van der Waals surface area contributed by atoms with Gasteiger partial charge in [-0.1, -0.05) is 12.1 Å². The number of nitrogens with one attached hydrogen (secondary N) is 1. The topological polar surface area (TPSA) is 93.4 Å². The highest BCUT2D eigenvalue weighted by Gasteiger charge is 2.37. The summed E-state index contributed by atoms with van der Waals surface area (Å²) in [5.74, 6) is -0.544. The number of methoxy groups -OCH3 is 1. The quantitative estimate of drug-likeness (QED) is 0.648. The van der Waals surface area contributed by atoms with Gasteiger partial charge in [0.05, 0.1) is 13.2 Å². The Hall–Kier alpha value is -2.40. The second-order valence-electron chi connectivity index (χ2n) is 6.84. The molecular formula is C19H21BrF3N5O2. The highest BCUT2D eigenvalue weighted by molar-refractivity contribution is 9.10. The maximum Gasteiger partial charge on any atom is 0.436 e. The van der Waals surface area contributed by atoms with E-state index < -0.39 is 28.2 Å². The number of anilines is 1. The fraction of sp³-hybridized carbons (Fsp3) is 0.421. The smallest absolute Gasteiger partial charge is 0.436 e. The van der Waals surface area contributed by atoms with E-state index in [0.29, 0.717) is 0 Å². The van der Waals surface area contributed by atoms with Gasteiger partial charge in [-0.15, -0.1) is 0 Å². The number of likely N-dealkylation sites (tertiary alicyclic amines) is 1. The molecule has 1 aromatic carbocycles. The summed E-state index contributed by atoms with van der Waals surface area (Å²) in [6.45, 7) is 2.02. The van der Waals surface area contributed by atoms with Crippen molar-refractivity contribution in [3.05, 3.63) is 45.8 Å². The second-order valence-corrected chi connectivity index (χ2v) is 7.59. The van der Waals surface area contributed by atoms with Crippen LogP contribution in [0.15, 0.2) is 28.9 Å². The normalized spacial score (nSPS) is 15.8. The average Bonchev–Trinajstić information content (AvgIpc) is 3.23. The lowest BCUT2D eigenvalue weighted by atomic mass is 10.1. The number of amides is 1. The third-order valence-electron chi connectivity index (χ3n) is 4.90. The molecule has 1 saturated heterocycles. The summed E-state index contributed by atoms with van der Waals surface area (Å²) in [6.07, 6.45) is -2.61. The van der Waals surface area contributed by atoms with E-state index in [-0.39, 0.29) is 18.3 Å². The van der Waals surface area contributed by atoms with E-state index in [9.17, 15) is 18.0 Å². The lowest BCUT2D eigenvalue weighted by Gasteiger charge is -2.28. The lowest BCUT2D eigenvalue weighted by Crippen LogP contribution is -2.37. The number of aromatic nitrogens is 2. The van der Waals surface area contributed by atoms with Crippen molar-refractivity contribution in [2.75, 3.05) is 32.5 Å². The predicted molar refractivity (Wildman–Crippen MR) is 108 cm³/mol. The van der Waals surface area contributed by atoms with Crippen molar-refractivity contribution in [1.29, 1.82) is 0 Å². The number of rotatable bonds is 6. The summed E-state index contributed by atoms with van der Waals surface area (Å²) >= 11 is 2.72. The van der Waals surface area contributed by atoms with E-state index in [1.807, 2.05) is 24.3 Å². The SMILES string of the molecule is COc1ccc(C(CNC(=O)c2nc(Br)c(C(F)(F)F)nc2N)N2CCCC2)cc1. The summed E-state index contributed by atoms with van der Waals surface area (Å²) in [6, 6.07) is 7.44. The Morgan fingerprint density at radius 1 is 1.27 bits per heavy atom. The molecule has 0 saturated carbocycles. The molecule has 1 aliphatic heterocycles. The molecule has 0 aliphatic carbocycles. The summed E-state index contributed by atoms with van der Waals surface area (Å²) in [5, 5.41) is 2.73. The minimum Gasteiger partial charge on any atom is -0.497 e. The van der Waals surface area contributed by atoms with Crippen LogP contribution in [0.25, 0.3) is 0 Å². The third-order valence-corrected chi connectivity index (χ3v) is 5.45. The first-order valence-electron chi connectivity index (χ1n) is 9.27. The Balaban J connectivity index is 1.78. The van der Waals surface area contributed by atoms with Crippen LogP contribution >= 0.6 is 15.9 Å². The zero-order chi connectivity index (χ0) is 21.9. The number of nitrogens with two attached hydrogens (primary N) is 1. The van der Waals surface area contributed by atoms with Gasteiger partial charge in [-0.2, -0.15) is 13.2 Å². The fourth-order valence-corrected chi connectivity index (χ4v) is 3.88. The summed E-state index contributed by atoms with van der Waals surface area (Å²) in [7, 11) is 1.58. The Morgan fingerprint density at radius 2 is 1.90 bits per heavy atom. The monoisotopic (exact) mass is 487 g/mol. The first-order valence-corrected chi connectivity index (χ1v) is 10.1. The molecule has 0 spiro atoms. The minimum atomic E-state index is -4.73. The summed E-state index contributed by atoms with van der Waals surface area (Å²) < 4.78 is 43.4. The Labute approximate surface area is 179 Å². The zero-order valence-corrected chi connectivity index (χ0v) is 17.8. The minimum absolute atomic E-state index is 0.102. The number of nitrogen functional groups attached to an aromatic ring is 1. The molecule has 162 valence electrons. The average molecular weight is 488 g/mol. The number of hydrogen-bond acceptors (Lipinski definition) is 6. The molecule has 2 aromatic rings. The zero-order valence-electron chi connectivity index (χ0n) is 16.2. The molecule has 0 bridgehead atoms. The van der Waals surface area contributed by atoms with Crippen molar-refractivity contribution in [1.82, 2.24) is 20.2 Å². The van der Waals surface area contributed by atoms with E-state index in [1.54, 1.807) is 7.11 Å². The first kappa shape index (κ1) is 22.3. The number of benzene rings is 1. The molecule has 1 aliphatic rings. The van der Waals surface area contributed by atoms with Gasteiger partial charge in [0.15, 0.2) is 17.2 Å². The molecule has 2 heterocycles. The van der Waals surface area contributed by atoms with Gasteiger partial charge in [-0.05, 0) is 59.6 Å². The van der Waals surface area contributed by atoms with Crippen LogP contribution in [0.2, 0.25) is 0 Å². The number of carbonyl (C=O) groups is 1. The van der Waals surface area contributed by atoms with Crippen LogP contribution in [0, 0.1) is 0 Å². The van der Waals surface area contributed by atoms with Crippen LogP contribution in [-0.4, -0.2) is 47.5 Å². The van der Waals surface area contributed by atoms with E-state index in [1.165, 1.54) is 0 Å². The highest BCUT2D eigenvalue weighted by Crippen LogP contribution is 2.33. The van der Waals surface area contributed by atoms with Gasteiger partial charge in [0.1, 0.15) is 10.4 Å². The molecule has 3 N–H and O–H groups in total. The van der Waals surface area contributed by atoms with Gasteiger partial charge in [0, 0.05) is 6.54 Å². The number of halogens is 4. The number of ether oxygens (including phenoxy) is 1. The molecule has 1 unspecified atom stereocenters. The maximum absolute atomic E-state index is 12.9. The summed E-state index contributed by atoms with van der Waals surface area (Å²) in [5.41, 5.74) is 4.94. The van der Waals surface area contributed by atoms with Crippen LogP contribution in [0.4, 0.5) is 19.0 Å². The standard InChI is InChI=1S/C19H21BrF3N5O2/c1-30-12-6-4-11(5-7-12)13(28-8-2-3-9-28)10-25-18(29)14-17(24)27-15(16(20)26-14)19(21,22)23/h4-7,13H,2-3,8-10H2,1H3,(H2,24,27)(H,25,29). The number of carbonyl (C=O) groups excluding carboxylic acids is 1. The van der Waals surface area contributed by atoms with Gasteiger partial charge < -0.3 is 15.8 Å². The summed E-state index contributed by atoms with van der Waals surface area (Å²) in [4.78, 5) is 21.8. The van der Waals surface area contributed by atoms with E-state index in [2.05, 4.69) is 36.1 Å². The molecule has 30 heavy (non-hydrogen) atoms. The molecular weight excluding hydrogens is 467 g/mol. The molecule has 3 rings (SSSR count). The van der Waals surface area contributed by atoms with Gasteiger partial charge >= 0.3 is 6.18 Å². The van der Waals surface area contributed by atoms with Gasteiger partial charge in [-0.25, -0.2) is 9.97 Å². The number of alkyl halides is 3. The highest BCUT2D eigenvalue weighted by atomic mass is 79.9. The van der Waals surface area contributed by atoms with E-state index in [0.717, 1.165) is 37.2 Å². The number of nitrogens with zero attached hydrogens (tertiary/aromatic N) is 3. The van der Waals surface area contributed by atoms with Gasteiger partial charge in [-0.3, -0.25) is 9.69 Å². The van der Waals surface area contributed by atoms with Crippen LogP contribution in [-0.2, 0) is 6.18 Å². The van der Waals surface area contributed by atoms with Crippen molar-refractivity contribution in [3.63, 3.8) is 0 Å². The van der Waals surface area contributed by atoms with Crippen molar-refractivity contribution in [2.24, 2.45) is 0 Å². The van der Waals surface area contributed by atoms with E-state index >= 15 is 0 Å². The molecule has 1 fully saturated rings. The van der Waals surface area contributed by atoms with Crippen LogP contribution in [0.3, 0.4) is 0 Å². The largest absolute Gasteiger partial charge is 0.497 e. The molecule has 1 aromatic heterocycles. The van der Waals surface area contributed by atoms with Crippen LogP contribution in [0.5, 0.6) is 5.75 Å². The molecule has 1 atom stereocenters. The molecule has 0 radical (unpaired) electrons. The molecule has 7 nitrogen and oxygen atoms in total. The predicted octanol–water partition coefficient (Wildman–Crippen LogP) is 3.42. The molecule has 11 heteroatoms. The third kappa shape index (κ3) is 5.01. The number of hydrogen-bond donors (Lipinski definition) is 2. The van der Waals surface area contributed by atoms with Crippen molar-refractivity contribution >= 4 is 27.7 Å². The Bertz CT molecular complexity index is 902. The van der Waals surface area contributed by atoms with Crippen molar-refractivity contribution in [3.8, 4) is 5.75 Å². The maximum atomic E-state index is 12.9. The lowest BCUT2D eigenvalue weighted by molar-refractivity contribution is -0.142. The van der Waals surface area contributed by atoms with E-state index in [4.69, 9.17) is 10.5 Å². The van der Waals surface area contributed by atoms with Crippen LogP contribution in [0.1, 0.15) is 40.6 Å². The van der Waals surface area contributed by atoms with Gasteiger partial charge in [0.25, 0.3) is 5.91 Å². The fourth-order valence-electron chi connectivity index (χ4n) is 3.39. The van der Waals surface area contributed by atoms with Crippen molar-refractivity contribution < 1.29 is 22.7 Å².